The van der Waals surface area contributed by atoms with Crippen LogP contribution < -0.4 is 11.1 Å². The summed E-state index contributed by atoms with van der Waals surface area (Å²) in [5, 5.41) is 11.7. The molecule has 0 aromatic carbocycles. The van der Waals surface area contributed by atoms with Crippen LogP contribution in [0.1, 0.15) is 47.5 Å². The average Bonchev–Trinajstić information content (AvgIpc) is 2.23. The normalized spacial score (nSPS) is 16.8. The van der Waals surface area contributed by atoms with Gasteiger partial charge in [-0.15, -0.1) is 0 Å². The maximum atomic E-state index is 12.1. The molecule has 0 radical (unpaired) electrons. The second kappa shape index (κ2) is 6.18. The summed E-state index contributed by atoms with van der Waals surface area (Å²) in [6.45, 7) is 9.55. The van der Waals surface area contributed by atoms with Gasteiger partial charge in [-0.3, -0.25) is 4.79 Å². The fraction of sp³-hybridized carbons (Fsp3) is 0.846. The average molecular weight is 258 g/mol. The summed E-state index contributed by atoms with van der Waals surface area (Å²) in [6, 6.07) is 0. The second-order valence-corrected chi connectivity index (χ2v) is 6.18. The Labute approximate surface area is 109 Å². The number of amides is 1. The minimum absolute atomic E-state index is 0.0206. The molecular weight excluding hydrogens is 232 g/mol. The highest BCUT2D eigenvalue weighted by Crippen LogP contribution is 2.24. The van der Waals surface area contributed by atoms with E-state index in [2.05, 4.69) is 5.32 Å². The molecule has 0 rings (SSSR count). The van der Waals surface area contributed by atoms with Gasteiger partial charge in [-0.2, -0.15) is 0 Å². The van der Waals surface area contributed by atoms with Crippen LogP contribution in [0.5, 0.6) is 0 Å². The van der Waals surface area contributed by atoms with Crippen LogP contribution in [0, 0.1) is 11.3 Å². The van der Waals surface area contributed by atoms with Crippen molar-refractivity contribution in [2.75, 3.05) is 6.54 Å². The van der Waals surface area contributed by atoms with Crippen LogP contribution in [-0.2, 0) is 9.59 Å². The van der Waals surface area contributed by atoms with E-state index in [1.54, 1.807) is 6.92 Å². The van der Waals surface area contributed by atoms with E-state index in [4.69, 9.17) is 10.8 Å². The van der Waals surface area contributed by atoms with Gasteiger partial charge in [-0.25, -0.2) is 4.79 Å². The monoisotopic (exact) mass is 258 g/mol. The van der Waals surface area contributed by atoms with Crippen LogP contribution >= 0.6 is 0 Å². The number of carboxylic acids is 1. The molecule has 0 spiro atoms. The number of hydrogen-bond acceptors (Lipinski definition) is 3. The van der Waals surface area contributed by atoms with Gasteiger partial charge in [0, 0.05) is 6.54 Å². The lowest BCUT2D eigenvalue weighted by Gasteiger charge is -2.29. The summed E-state index contributed by atoms with van der Waals surface area (Å²) < 4.78 is 0. The molecule has 0 saturated heterocycles. The van der Waals surface area contributed by atoms with Crippen molar-refractivity contribution in [2.45, 2.75) is 53.0 Å². The maximum Gasteiger partial charge on any atom is 0.329 e. The van der Waals surface area contributed by atoms with E-state index in [1.165, 1.54) is 6.92 Å². The molecular formula is C13H26N2O3. The molecule has 2 atom stereocenters. The molecule has 0 fully saturated rings. The molecule has 1 amide bonds. The predicted molar refractivity (Wildman–Crippen MR) is 71.1 cm³/mol. The first-order chi connectivity index (χ1) is 8.05. The number of carbonyl (C=O) groups excluding carboxylic acids is 1. The Balaban J connectivity index is 4.77. The molecule has 0 aromatic heterocycles. The topological polar surface area (TPSA) is 92.4 Å². The predicted octanol–water partition coefficient (Wildman–Crippen LogP) is 1.37. The zero-order valence-corrected chi connectivity index (χ0v) is 12.0. The molecule has 18 heavy (non-hydrogen) atoms. The van der Waals surface area contributed by atoms with Gasteiger partial charge in [0.05, 0.1) is 5.92 Å². The molecule has 4 N–H and O–H groups in total. The summed E-state index contributed by atoms with van der Waals surface area (Å²) in [7, 11) is 0. The fourth-order valence-corrected chi connectivity index (χ4v) is 1.69. The Morgan fingerprint density at radius 1 is 1.28 bits per heavy atom. The summed E-state index contributed by atoms with van der Waals surface area (Å²) in [5.41, 5.74) is 4.37. The molecule has 0 aliphatic carbocycles. The zero-order chi connectivity index (χ0) is 14.6. The summed E-state index contributed by atoms with van der Waals surface area (Å²) >= 11 is 0. The van der Waals surface area contributed by atoms with Crippen LogP contribution in [0.2, 0.25) is 0 Å². The van der Waals surface area contributed by atoms with Gasteiger partial charge in [0.25, 0.3) is 0 Å². The van der Waals surface area contributed by atoms with Crippen LogP contribution in [0.3, 0.4) is 0 Å². The van der Waals surface area contributed by atoms with Crippen LogP contribution in [0.25, 0.3) is 0 Å². The second-order valence-electron chi connectivity index (χ2n) is 6.18. The molecule has 5 heteroatoms. The summed E-state index contributed by atoms with van der Waals surface area (Å²) in [6.07, 6.45) is 0.968. The van der Waals surface area contributed by atoms with Crippen LogP contribution in [-0.4, -0.2) is 29.1 Å². The molecule has 0 aliphatic heterocycles. The van der Waals surface area contributed by atoms with E-state index >= 15 is 0 Å². The van der Waals surface area contributed by atoms with Gasteiger partial charge in [0.2, 0.25) is 5.91 Å². The highest BCUT2D eigenvalue weighted by molar-refractivity contribution is 5.87. The van der Waals surface area contributed by atoms with Crippen molar-refractivity contribution in [3.8, 4) is 0 Å². The largest absolute Gasteiger partial charge is 0.480 e. The van der Waals surface area contributed by atoms with Gasteiger partial charge in [0.15, 0.2) is 0 Å². The van der Waals surface area contributed by atoms with Gasteiger partial charge in [0.1, 0.15) is 5.54 Å². The quantitative estimate of drug-likeness (QED) is 0.671. The lowest BCUT2D eigenvalue weighted by molar-refractivity contribution is -0.147. The molecule has 0 aliphatic rings. The van der Waals surface area contributed by atoms with Crippen LogP contribution in [0.4, 0.5) is 0 Å². The number of nitrogens with two attached hydrogens (primary N) is 1. The van der Waals surface area contributed by atoms with Crippen molar-refractivity contribution in [2.24, 2.45) is 17.1 Å². The number of nitrogens with one attached hydrogen (secondary N) is 1. The molecule has 0 aromatic rings. The number of rotatable bonds is 6. The third-order valence-corrected chi connectivity index (χ3v) is 3.09. The Morgan fingerprint density at radius 2 is 1.78 bits per heavy atom. The third-order valence-electron chi connectivity index (χ3n) is 3.09. The Morgan fingerprint density at radius 3 is 2.06 bits per heavy atom. The molecule has 0 saturated carbocycles. The lowest BCUT2D eigenvalue weighted by Crippen LogP contribution is -2.54. The number of hydrogen-bond donors (Lipinski definition) is 3. The molecule has 0 bridgehead atoms. The highest BCUT2D eigenvalue weighted by Gasteiger charge is 2.35. The highest BCUT2D eigenvalue weighted by atomic mass is 16.4. The summed E-state index contributed by atoms with van der Waals surface area (Å²) in [4.78, 5) is 23.2. The van der Waals surface area contributed by atoms with E-state index < -0.39 is 11.5 Å². The first-order valence-corrected chi connectivity index (χ1v) is 6.31. The Hall–Kier alpha value is -1.10. The van der Waals surface area contributed by atoms with E-state index in [0.717, 1.165) is 0 Å². The summed E-state index contributed by atoms with van der Waals surface area (Å²) in [5.74, 6) is -1.65. The molecule has 0 heterocycles. The Bertz CT molecular complexity index is 310. The molecule has 5 nitrogen and oxygen atoms in total. The van der Waals surface area contributed by atoms with Crippen molar-refractivity contribution in [1.82, 2.24) is 5.32 Å². The minimum Gasteiger partial charge on any atom is -0.480 e. The maximum absolute atomic E-state index is 12.1. The van der Waals surface area contributed by atoms with Gasteiger partial charge >= 0.3 is 5.97 Å². The molecule has 106 valence electrons. The van der Waals surface area contributed by atoms with E-state index in [0.29, 0.717) is 12.8 Å². The Kier molecular flexibility index (Phi) is 5.80. The third kappa shape index (κ3) is 5.04. The fourth-order valence-electron chi connectivity index (χ4n) is 1.69. The van der Waals surface area contributed by atoms with Crippen molar-refractivity contribution in [1.29, 1.82) is 0 Å². The number of aliphatic carboxylic acids is 1. The van der Waals surface area contributed by atoms with Crippen molar-refractivity contribution >= 4 is 11.9 Å². The first kappa shape index (κ1) is 16.9. The number of carboxylic acid groups (broad SMARTS) is 1. The van der Waals surface area contributed by atoms with Crippen molar-refractivity contribution in [3.05, 3.63) is 0 Å². The van der Waals surface area contributed by atoms with Crippen LogP contribution in [0.15, 0.2) is 0 Å². The van der Waals surface area contributed by atoms with E-state index in [1.807, 2.05) is 20.8 Å². The van der Waals surface area contributed by atoms with Gasteiger partial charge in [-0.1, -0.05) is 27.7 Å². The standard InChI is InChI=1S/C13H26N2O3/c1-6-13(5,11(17)18)15-10(16)9(8-14)7-12(2,3)4/h9H,6-8,14H2,1-5H3,(H,15,16)(H,17,18). The van der Waals surface area contributed by atoms with E-state index in [9.17, 15) is 9.59 Å². The molecule has 2 unspecified atom stereocenters. The first-order valence-electron chi connectivity index (χ1n) is 6.31. The minimum atomic E-state index is -1.22. The van der Waals surface area contributed by atoms with Gasteiger partial charge in [-0.05, 0) is 25.2 Å². The zero-order valence-electron chi connectivity index (χ0n) is 12.0. The van der Waals surface area contributed by atoms with Gasteiger partial charge < -0.3 is 16.2 Å². The van der Waals surface area contributed by atoms with Crippen molar-refractivity contribution < 1.29 is 14.7 Å². The van der Waals surface area contributed by atoms with E-state index in [-0.39, 0.29) is 23.8 Å². The smallest absolute Gasteiger partial charge is 0.329 e. The number of carbonyl (C=O) groups is 2. The lowest BCUT2D eigenvalue weighted by atomic mass is 9.83. The van der Waals surface area contributed by atoms with Crippen molar-refractivity contribution in [3.63, 3.8) is 0 Å². The SMILES string of the molecule is CCC(C)(NC(=O)C(CN)CC(C)(C)C)C(=O)O.